The molecule has 0 bridgehead atoms. The first kappa shape index (κ1) is 25.4. The molecule has 39 heavy (non-hydrogen) atoms. The van der Waals surface area contributed by atoms with E-state index in [0.29, 0.717) is 12.2 Å². The van der Waals surface area contributed by atoms with E-state index in [2.05, 4.69) is 36.4 Å². The van der Waals surface area contributed by atoms with Crippen LogP contribution in [0.15, 0.2) is 53.3 Å². The van der Waals surface area contributed by atoms with Crippen molar-refractivity contribution in [1.82, 2.24) is 30.1 Å². The van der Waals surface area contributed by atoms with Crippen LogP contribution in [0.5, 0.6) is 11.5 Å². The number of hydrogen-bond donors (Lipinski definition) is 1. The summed E-state index contributed by atoms with van der Waals surface area (Å²) in [6.07, 6.45) is 4.45. The number of rotatable bonds is 8. The van der Waals surface area contributed by atoms with Gasteiger partial charge in [0.2, 0.25) is 0 Å². The van der Waals surface area contributed by atoms with Crippen LogP contribution in [0.25, 0.3) is 10.9 Å². The van der Waals surface area contributed by atoms with E-state index < -0.39 is 0 Å². The third kappa shape index (κ3) is 4.96. The van der Waals surface area contributed by atoms with Crippen molar-refractivity contribution in [1.29, 1.82) is 0 Å². The van der Waals surface area contributed by atoms with Gasteiger partial charge in [0.15, 0.2) is 5.82 Å². The quantitative estimate of drug-likeness (QED) is 0.366. The molecule has 0 spiro atoms. The fourth-order valence-corrected chi connectivity index (χ4v) is 6.06. The average molecular weight is 530 g/mol. The predicted molar refractivity (Wildman–Crippen MR) is 150 cm³/mol. The third-order valence-corrected chi connectivity index (χ3v) is 7.99. The lowest BCUT2D eigenvalue weighted by molar-refractivity contribution is 0.196. The Kier molecular flexibility index (Phi) is 7.19. The number of fused-ring (bicyclic) bond motifs is 1. The number of benzene rings is 2. The summed E-state index contributed by atoms with van der Waals surface area (Å²) in [4.78, 5) is 21.4. The first-order valence-corrected chi connectivity index (χ1v) is 13.9. The summed E-state index contributed by atoms with van der Waals surface area (Å²) < 4.78 is 13.3. The van der Waals surface area contributed by atoms with Gasteiger partial charge >= 0.3 is 0 Å². The van der Waals surface area contributed by atoms with Gasteiger partial charge in [-0.15, -0.1) is 5.10 Å². The highest BCUT2D eigenvalue weighted by atomic mass is 16.5. The van der Waals surface area contributed by atoms with E-state index in [1.54, 1.807) is 7.11 Å². The number of anilines is 1. The lowest BCUT2D eigenvalue weighted by Crippen LogP contribution is -2.49. The summed E-state index contributed by atoms with van der Waals surface area (Å²) in [5.74, 6) is 2.38. The highest BCUT2D eigenvalue weighted by Crippen LogP contribution is 2.35. The maximum absolute atomic E-state index is 13.6. The van der Waals surface area contributed by atoms with Gasteiger partial charge in [-0.1, -0.05) is 25.0 Å². The Bertz CT molecular complexity index is 1490. The number of nitrogens with one attached hydrogen (secondary N) is 1. The molecule has 10 heteroatoms. The SMILES string of the molecule is CCOc1ccc2[nH]c(=O)c(C(c3nnnn3C3CCCC3)N3CCN(c4ccccc4OC)CC3)cc2c1. The van der Waals surface area contributed by atoms with Gasteiger partial charge in [0.25, 0.3) is 5.56 Å². The summed E-state index contributed by atoms with van der Waals surface area (Å²) in [5, 5.41) is 14.0. The van der Waals surface area contributed by atoms with Gasteiger partial charge in [-0.05, 0) is 66.6 Å². The molecule has 2 aromatic carbocycles. The maximum Gasteiger partial charge on any atom is 0.253 e. The van der Waals surface area contributed by atoms with Crippen LogP contribution < -0.4 is 19.9 Å². The van der Waals surface area contributed by atoms with E-state index in [-0.39, 0.29) is 17.6 Å². The predicted octanol–water partition coefficient (Wildman–Crippen LogP) is 3.95. The van der Waals surface area contributed by atoms with Crippen LogP contribution in [0.2, 0.25) is 0 Å². The zero-order valence-electron chi connectivity index (χ0n) is 22.5. The number of aromatic amines is 1. The van der Waals surface area contributed by atoms with Crippen molar-refractivity contribution in [3.05, 3.63) is 70.3 Å². The molecule has 6 rings (SSSR count). The molecule has 10 nitrogen and oxygen atoms in total. The fraction of sp³-hybridized carbons (Fsp3) is 0.448. The third-order valence-electron chi connectivity index (χ3n) is 7.99. The van der Waals surface area contributed by atoms with E-state index in [1.807, 2.05) is 54.1 Å². The summed E-state index contributed by atoms with van der Waals surface area (Å²) in [7, 11) is 1.71. The van der Waals surface area contributed by atoms with Crippen LogP contribution in [0, 0.1) is 0 Å². The Balaban J connectivity index is 1.39. The van der Waals surface area contributed by atoms with Crippen molar-refractivity contribution in [3.63, 3.8) is 0 Å². The number of aromatic nitrogens is 5. The number of nitrogens with zero attached hydrogens (tertiary/aromatic N) is 6. The van der Waals surface area contributed by atoms with Crippen LogP contribution in [0.4, 0.5) is 5.69 Å². The first-order valence-electron chi connectivity index (χ1n) is 13.9. The summed E-state index contributed by atoms with van der Waals surface area (Å²) in [6, 6.07) is 15.7. The maximum atomic E-state index is 13.6. The van der Waals surface area contributed by atoms with Gasteiger partial charge in [0.05, 0.1) is 25.4 Å². The highest BCUT2D eigenvalue weighted by Gasteiger charge is 2.35. The molecule has 3 heterocycles. The van der Waals surface area contributed by atoms with Crippen LogP contribution in [0.3, 0.4) is 0 Å². The van der Waals surface area contributed by atoms with Crippen LogP contribution in [-0.2, 0) is 0 Å². The number of para-hydroxylation sites is 2. The zero-order valence-corrected chi connectivity index (χ0v) is 22.5. The number of piperazine rings is 1. The van der Waals surface area contributed by atoms with Crippen LogP contribution in [0.1, 0.15) is 56.1 Å². The molecular weight excluding hydrogens is 494 g/mol. The molecule has 1 aliphatic heterocycles. The van der Waals surface area contributed by atoms with Gasteiger partial charge in [0, 0.05) is 42.6 Å². The molecule has 2 aromatic heterocycles. The second kappa shape index (κ2) is 11.1. The molecule has 1 saturated heterocycles. The summed E-state index contributed by atoms with van der Waals surface area (Å²) >= 11 is 0. The number of H-pyrrole nitrogens is 1. The van der Waals surface area contributed by atoms with E-state index in [1.165, 1.54) is 12.8 Å². The number of ether oxygens (including phenoxy) is 2. The van der Waals surface area contributed by atoms with E-state index in [4.69, 9.17) is 9.47 Å². The number of hydrogen-bond acceptors (Lipinski definition) is 8. The number of pyridine rings is 1. The smallest absolute Gasteiger partial charge is 0.253 e. The zero-order chi connectivity index (χ0) is 26.8. The van der Waals surface area contributed by atoms with Gasteiger partial charge in [0.1, 0.15) is 17.5 Å². The van der Waals surface area contributed by atoms with Gasteiger partial charge < -0.3 is 19.4 Å². The van der Waals surface area contributed by atoms with Gasteiger partial charge in [-0.3, -0.25) is 9.69 Å². The second-order valence-electron chi connectivity index (χ2n) is 10.3. The Morgan fingerprint density at radius 2 is 1.85 bits per heavy atom. The Morgan fingerprint density at radius 1 is 1.05 bits per heavy atom. The van der Waals surface area contributed by atoms with Crippen molar-refractivity contribution in [2.45, 2.75) is 44.7 Å². The lowest BCUT2D eigenvalue weighted by atomic mass is 10.0. The molecule has 0 amide bonds. The monoisotopic (exact) mass is 529 g/mol. The molecule has 4 aromatic rings. The summed E-state index contributed by atoms with van der Waals surface area (Å²) in [5.41, 5.74) is 2.39. The minimum Gasteiger partial charge on any atom is -0.495 e. The van der Waals surface area contributed by atoms with Crippen molar-refractivity contribution >= 4 is 16.6 Å². The van der Waals surface area contributed by atoms with Crippen LogP contribution in [-0.4, -0.2) is 70.0 Å². The van der Waals surface area contributed by atoms with Crippen molar-refractivity contribution in [2.24, 2.45) is 0 Å². The molecule has 1 unspecified atom stereocenters. The van der Waals surface area contributed by atoms with E-state index in [0.717, 1.165) is 72.9 Å². The fourth-order valence-electron chi connectivity index (χ4n) is 6.06. The largest absolute Gasteiger partial charge is 0.495 e. The molecular formula is C29H35N7O3. The van der Waals surface area contributed by atoms with Crippen molar-refractivity contribution in [2.75, 3.05) is 44.8 Å². The molecule has 1 atom stereocenters. The number of tetrazole rings is 1. The first-order chi connectivity index (χ1) is 19.2. The van der Waals surface area contributed by atoms with Gasteiger partial charge in [-0.25, -0.2) is 4.68 Å². The molecule has 2 aliphatic rings. The van der Waals surface area contributed by atoms with E-state index >= 15 is 0 Å². The summed E-state index contributed by atoms with van der Waals surface area (Å²) in [6.45, 7) is 5.63. The van der Waals surface area contributed by atoms with Crippen molar-refractivity contribution < 1.29 is 9.47 Å². The standard InChI is InChI=1S/C29H35N7O3/c1-3-39-22-12-13-24-20(18-22)19-23(29(37)30-24)27(28-31-32-33-36(28)21-8-4-5-9-21)35-16-14-34(15-17-35)25-10-6-7-11-26(25)38-2/h6-7,10-13,18-19,21,27H,3-5,8-9,14-17H2,1-2H3,(H,30,37). The molecule has 204 valence electrons. The minimum atomic E-state index is -0.371. The van der Waals surface area contributed by atoms with Gasteiger partial charge in [-0.2, -0.15) is 0 Å². The molecule has 1 saturated carbocycles. The number of methoxy groups -OCH3 is 1. The molecule has 1 aliphatic carbocycles. The molecule has 0 radical (unpaired) electrons. The highest BCUT2D eigenvalue weighted by molar-refractivity contribution is 5.80. The average Bonchev–Trinajstić information content (AvgIpc) is 3.67. The second-order valence-corrected chi connectivity index (χ2v) is 10.3. The van der Waals surface area contributed by atoms with Crippen LogP contribution >= 0.6 is 0 Å². The van der Waals surface area contributed by atoms with E-state index in [9.17, 15) is 4.79 Å². The lowest BCUT2D eigenvalue weighted by Gasteiger charge is -2.40. The topological polar surface area (TPSA) is 101 Å². The Morgan fingerprint density at radius 3 is 2.62 bits per heavy atom. The Labute approximate surface area is 227 Å². The Hall–Kier alpha value is -3.92. The molecule has 2 fully saturated rings. The normalized spacial score (nSPS) is 17.5. The van der Waals surface area contributed by atoms with Crippen molar-refractivity contribution in [3.8, 4) is 11.5 Å². The minimum absolute atomic E-state index is 0.121. The molecule has 1 N–H and O–H groups in total.